The van der Waals surface area contributed by atoms with Crippen LogP contribution in [0.2, 0.25) is 0 Å². The van der Waals surface area contributed by atoms with E-state index in [1.807, 2.05) is 30.3 Å². The van der Waals surface area contributed by atoms with Gasteiger partial charge in [-0.3, -0.25) is 9.59 Å². The van der Waals surface area contributed by atoms with Crippen molar-refractivity contribution in [3.8, 4) is 5.75 Å². The Labute approximate surface area is 142 Å². The minimum atomic E-state index is -0.166. The molecule has 2 rings (SSSR count). The molecular formula is C19H22N2O3. The van der Waals surface area contributed by atoms with Gasteiger partial charge in [-0.25, -0.2) is 0 Å². The molecule has 5 heteroatoms. The van der Waals surface area contributed by atoms with E-state index in [9.17, 15) is 9.59 Å². The van der Waals surface area contributed by atoms with Crippen LogP contribution in [-0.4, -0.2) is 26.0 Å². The fourth-order valence-corrected chi connectivity index (χ4v) is 2.18. The zero-order chi connectivity index (χ0) is 17.7. The van der Waals surface area contributed by atoms with Crippen LogP contribution in [-0.2, 0) is 4.79 Å². The van der Waals surface area contributed by atoms with Crippen LogP contribution in [0.1, 0.15) is 24.2 Å². The van der Waals surface area contributed by atoms with E-state index in [-0.39, 0.29) is 17.7 Å². The summed E-state index contributed by atoms with van der Waals surface area (Å²) in [7, 11) is 3.24. The highest BCUT2D eigenvalue weighted by Crippen LogP contribution is 2.27. The van der Waals surface area contributed by atoms with Gasteiger partial charge in [-0.15, -0.1) is 0 Å². The monoisotopic (exact) mass is 326 g/mol. The molecule has 0 saturated carbocycles. The van der Waals surface area contributed by atoms with E-state index in [1.165, 1.54) is 7.11 Å². The molecule has 0 aliphatic heterocycles. The predicted octanol–water partition coefficient (Wildman–Crippen LogP) is 3.57. The van der Waals surface area contributed by atoms with E-state index >= 15 is 0 Å². The molecule has 0 radical (unpaired) electrons. The fraction of sp³-hybridized carbons (Fsp3) is 0.263. The Balaban J connectivity index is 2.30. The normalized spacial score (nSPS) is 10.4. The summed E-state index contributed by atoms with van der Waals surface area (Å²) in [6, 6.07) is 14.4. The molecule has 0 unspecified atom stereocenters. The summed E-state index contributed by atoms with van der Waals surface area (Å²) in [6.45, 7) is 3.61. The molecule has 2 amide bonds. The van der Waals surface area contributed by atoms with Crippen molar-refractivity contribution in [3.05, 3.63) is 54.1 Å². The molecular weight excluding hydrogens is 304 g/mol. The first-order chi connectivity index (χ1) is 11.4. The van der Waals surface area contributed by atoms with Crippen molar-refractivity contribution < 1.29 is 14.3 Å². The lowest BCUT2D eigenvalue weighted by molar-refractivity contribution is -0.118. The van der Waals surface area contributed by atoms with Gasteiger partial charge >= 0.3 is 0 Å². The van der Waals surface area contributed by atoms with Crippen LogP contribution in [0.15, 0.2) is 48.5 Å². The zero-order valence-corrected chi connectivity index (χ0v) is 14.4. The lowest BCUT2D eigenvalue weighted by atomic mass is 10.1. The van der Waals surface area contributed by atoms with Crippen molar-refractivity contribution in [1.29, 1.82) is 0 Å². The number of para-hydroxylation sites is 1. The van der Waals surface area contributed by atoms with E-state index in [4.69, 9.17) is 4.74 Å². The molecule has 2 aromatic rings. The zero-order valence-electron chi connectivity index (χ0n) is 14.4. The smallest absolute Gasteiger partial charge is 0.258 e. The second-order valence-electron chi connectivity index (χ2n) is 5.76. The summed E-state index contributed by atoms with van der Waals surface area (Å²) in [4.78, 5) is 26.2. The van der Waals surface area contributed by atoms with Crippen molar-refractivity contribution in [3.63, 3.8) is 0 Å². The molecule has 0 aliphatic carbocycles. The number of hydrogen-bond donors (Lipinski definition) is 1. The van der Waals surface area contributed by atoms with Crippen LogP contribution in [0.4, 0.5) is 11.4 Å². The fourth-order valence-electron chi connectivity index (χ4n) is 2.18. The van der Waals surface area contributed by atoms with Gasteiger partial charge < -0.3 is 15.0 Å². The standard InChI is InChI=1S/C19H22N2O3/c1-13(2)18(22)20-16-12-14(10-11-17(16)24-4)19(23)21(3)15-8-6-5-7-9-15/h5-13H,1-4H3,(H,20,22). The molecule has 0 aliphatic rings. The molecule has 1 N–H and O–H groups in total. The molecule has 2 aromatic carbocycles. The van der Waals surface area contributed by atoms with Crippen LogP contribution in [0.25, 0.3) is 0 Å². The average molecular weight is 326 g/mol. The third-order valence-electron chi connectivity index (χ3n) is 3.68. The first-order valence-electron chi connectivity index (χ1n) is 7.76. The first-order valence-corrected chi connectivity index (χ1v) is 7.76. The Morgan fingerprint density at radius 1 is 1.08 bits per heavy atom. The van der Waals surface area contributed by atoms with E-state index < -0.39 is 0 Å². The molecule has 0 bridgehead atoms. The topological polar surface area (TPSA) is 58.6 Å². The maximum atomic E-state index is 12.7. The lowest BCUT2D eigenvalue weighted by Crippen LogP contribution is -2.26. The molecule has 5 nitrogen and oxygen atoms in total. The molecule has 0 fully saturated rings. The Morgan fingerprint density at radius 2 is 1.75 bits per heavy atom. The molecule has 24 heavy (non-hydrogen) atoms. The van der Waals surface area contributed by atoms with E-state index in [0.29, 0.717) is 17.0 Å². The number of methoxy groups -OCH3 is 1. The summed E-state index contributed by atoms with van der Waals surface area (Å²) >= 11 is 0. The van der Waals surface area contributed by atoms with Gasteiger partial charge in [0.05, 0.1) is 12.8 Å². The van der Waals surface area contributed by atoms with E-state index in [2.05, 4.69) is 5.32 Å². The summed E-state index contributed by atoms with van der Waals surface area (Å²) in [5.74, 6) is 0.0576. The number of ether oxygens (including phenoxy) is 1. The van der Waals surface area contributed by atoms with Gasteiger partial charge in [0.2, 0.25) is 5.91 Å². The van der Waals surface area contributed by atoms with Crippen molar-refractivity contribution in [2.24, 2.45) is 5.92 Å². The number of anilines is 2. The number of amides is 2. The molecule has 0 saturated heterocycles. The number of nitrogens with zero attached hydrogens (tertiary/aromatic N) is 1. The molecule has 0 atom stereocenters. The van der Waals surface area contributed by atoms with E-state index in [0.717, 1.165) is 5.69 Å². The van der Waals surface area contributed by atoms with Crippen molar-refractivity contribution in [1.82, 2.24) is 0 Å². The second-order valence-corrected chi connectivity index (χ2v) is 5.76. The van der Waals surface area contributed by atoms with Crippen LogP contribution < -0.4 is 15.0 Å². The number of benzene rings is 2. The highest BCUT2D eigenvalue weighted by Gasteiger charge is 2.17. The maximum Gasteiger partial charge on any atom is 0.258 e. The minimum absolute atomic E-state index is 0.130. The first kappa shape index (κ1) is 17.5. The minimum Gasteiger partial charge on any atom is -0.495 e. The van der Waals surface area contributed by atoms with Crippen molar-refractivity contribution >= 4 is 23.2 Å². The summed E-state index contributed by atoms with van der Waals surface area (Å²) in [5, 5.41) is 2.80. The average Bonchev–Trinajstić information content (AvgIpc) is 2.61. The Bertz CT molecular complexity index is 727. The van der Waals surface area contributed by atoms with E-state index in [1.54, 1.807) is 44.0 Å². The third-order valence-corrected chi connectivity index (χ3v) is 3.68. The lowest BCUT2D eigenvalue weighted by Gasteiger charge is -2.19. The van der Waals surface area contributed by atoms with Crippen LogP contribution in [0, 0.1) is 5.92 Å². The Morgan fingerprint density at radius 3 is 2.33 bits per heavy atom. The Hall–Kier alpha value is -2.82. The van der Waals surface area contributed by atoms with Crippen LogP contribution in [0.3, 0.4) is 0 Å². The Kier molecular flexibility index (Phi) is 5.58. The molecule has 0 aromatic heterocycles. The largest absolute Gasteiger partial charge is 0.495 e. The second kappa shape index (κ2) is 7.64. The summed E-state index contributed by atoms with van der Waals surface area (Å²) in [6.07, 6.45) is 0. The quantitative estimate of drug-likeness (QED) is 0.914. The van der Waals surface area contributed by atoms with Gasteiger partial charge in [0.15, 0.2) is 0 Å². The number of carbonyl (C=O) groups is 2. The van der Waals surface area contributed by atoms with Gasteiger partial charge in [-0.2, -0.15) is 0 Å². The summed E-state index contributed by atoms with van der Waals surface area (Å²) in [5.41, 5.74) is 1.76. The third kappa shape index (κ3) is 3.93. The van der Waals surface area contributed by atoms with Crippen LogP contribution >= 0.6 is 0 Å². The van der Waals surface area contributed by atoms with Gasteiger partial charge in [0.25, 0.3) is 5.91 Å². The predicted molar refractivity (Wildman–Crippen MR) is 95.6 cm³/mol. The van der Waals surface area contributed by atoms with Crippen molar-refractivity contribution in [2.75, 3.05) is 24.4 Å². The SMILES string of the molecule is COc1ccc(C(=O)N(C)c2ccccc2)cc1NC(=O)C(C)C. The molecule has 0 spiro atoms. The number of carbonyl (C=O) groups excluding carboxylic acids is 2. The maximum absolute atomic E-state index is 12.7. The van der Waals surface area contributed by atoms with Gasteiger partial charge in [-0.1, -0.05) is 32.0 Å². The molecule has 0 heterocycles. The highest BCUT2D eigenvalue weighted by molar-refractivity contribution is 6.07. The highest BCUT2D eigenvalue weighted by atomic mass is 16.5. The van der Waals surface area contributed by atoms with Gasteiger partial charge in [-0.05, 0) is 30.3 Å². The van der Waals surface area contributed by atoms with Crippen molar-refractivity contribution in [2.45, 2.75) is 13.8 Å². The van der Waals surface area contributed by atoms with Gasteiger partial charge in [0.1, 0.15) is 5.75 Å². The molecule has 126 valence electrons. The van der Waals surface area contributed by atoms with Gasteiger partial charge in [0, 0.05) is 24.2 Å². The number of nitrogens with one attached hydrogen (secondary N) is 1. The summed E-state index contributed by atoms with van der Waals surface area (Å²) < 4.78 is 5.27. The number of rotatable bonds is 5. The van der Waals surface area contributed by atoms with Crippen LogP contribution in [0.5, 0.6) is 5.75 Å². The number of hydrogen-bond acceptors (Lipinski definition) is 3.